The molecule has 1 aromatic heterocycles. The largest absolute Gasteiger partial charge is 0.356 e. The molecule has 0 amide bonds. The van der Waals surface area contributed by atoms with Gasteiger partial charge < -0.3 is 4.98 Å². The lowest BCUT2D eigenvalue weighted by molar-refractivity contribution is 0.764. The van der Waals surface area contributed by atoms with Gasteiger partial charge in [0, 0.05) is 33.6 Å². The molecular weight excluding hydrogens is 641 g/mol. The Kier molecular flexibility index (Phi) is 6.48. The second-order valence-electron chi connectivity index (χ2n) is 14.3. The summed E-state index contributed by atoms with van der Waals surface area (Å²) in [6.07, 6.45) is 0. The molecule has 3 aliphatic carbocycles. The van der Waals surface area contributed by atoms with Crippen molar-refractivity contribution in [3.63, 3.8) is 0 Å². The molecule has 1 heterocycles. The number of benzene rings is 8. The van der Waals surface area contributed by atoms with E-state index in [0.717, 1.165) is 16.7 Å². The van der Waals surface area contributed by atoms with E-state index in [1.54, 1.807) is 0 Å². The van der Waals surface area contributed by atoms with Gasteiger partial charge >= 0.3 is 0 Å². The van der Waals surface area contributed by atoms with Crippen LogP contribution in [0.5, 0.6) is 0 Å². The fourth-order valence-corrected chi connectivity index (χ4v) is 9.42. The molecule has 1 N–H and O–H groups in total. The van der Waals surface area contributed by atoms with Crippen LogP contribution < -0.4 is 0 Å². The molecule has 53 heavy (non-hydrogen) atoms. The molecule has 0 aliphatic heterocycles. The zero-order valence-electron chi connectivity index (χ0n) is 28.8. The second kappa shape index (κ2) is 11.5. The smallest absolute Gasteiger partial charge is 0.193 e. The van der Waals surface area contributed by atoms with Gasteiger partial charge in [0.05, 0.1) is 6.57 Å². The Bertz CT molecular complexity index is 2840. The number of aromatic amines is 1. The number of aromatic nitrogens is 1. The first-order valence-electron chi connectivity index (χ1n) is 18.3. The number of fused-ring (bicyclic) bond motifs is 3. The van der Waals surface area contributed by atoms with Gasteiger partial charge in [-0.2, -0.15) is 0 Å². The summed E-state index contributed by atoms with van der Waals surface area (Å²) in [4.78, 5) is 7.96. The van der Waals surface area contributed by atoms with Gasteiger partial charge in [-0.25, -0.2) is 4.85 Å². The maximum absolute atomic E-state index is 8.39. The van der Waals surface area contributed by atoms with Gasteiger partial charge in [-0.05, 0) is 108 Å². The fraction of sp³-hybridized carbons (Fsp3) is 0.0392. The van der Waals surface area contributed by atoms with E-state index >= 15 is 0 Å². The van der Waals surface area contributed by atoms with Crippen molar-refractivity contribution in [3.05, 3.63) is 221 Å². The summed E-state index contributed by atoms with van der Waals surface area (Å²) in [6, 6.07) is 63.8. The first-order valence-corrected chi connectivity index (χ1v) is 18.3. The topological polar surface area (TPSA) is 20.1 Å². The average molecular weight is 673 g/mol. The maximum atomic E-state index is 8.39. The van der Waals surface area contributed by atoms with E-state index in [9.17, 15) is 0 Å². The molecule has 2 bridgehead atoms. The van der Waals surface area contributed by atoms with Crippen LogP contribution in [0.2, 0.25) is 0 Å². The lowest BCUT2D eigenvalue weighted by atomic mass is 9.60. The molecule has 12 rings (SSSR count). The number of H-pyrrole nitrogens is 1. The van der Waals surface area contributed by atoms with Gasteiger partial charge in [0.15, 0.2) is 5.69 Å². The van der Waals surface area contributed by atoms with Gasteiger partial charge in [-0.3, -0.25) is 0 Å². The van der Waals surface area contributed by atoms with Crippen molar-refractivity contribution < 1.29 is 0 Å². The van der Waals surface area contributed by atoms with E-state index in [1.165, 1.54) is 88.7 Å². The summed E-state index contributed by atoms with van der Waals surface area (Å²) in [6.45, 7) is 8.39. The number of nitrogens with zero attached hydrogens (tertiary/aromatic N) is 1. The number of hydrogen-bond acceptors (Lipinski definition) is 0. The summed E-state index contributed by atoms with van der Waals surface area (Å²) in [5.74, 6) is 0.0862. The Hall–Kier alpha value is -6.95. The van der Waals surface area contributed by atoms with Crippen LogP contribution in [0.4, 0.5) is 5.69 Å². The molecule has 246 valence electrons. The summed E-state index contributed by atoms with van der Waals surface area (Å²) in [7, 11) is 0. The Labute approximate surface area is 308 Å². The molecule has 0 saturated heterocycles. The van der Waals surface area contributed by atoms with E-state index in [-0.39, 0.29) is 11.8 Å². The highest BCUT2D eigenvalue weighted by atomic mass is 14.7. The van der Waals surface area contributed by atoms with E-state index in [2.05, 4.69) is 186 Å². The third kappa shape index (κ3) is 4.38. The minimum absolute atomic E-state index is 0.0314. The fourth-order valence-electron chi connectivity index (χ4n) is 9.42. The molecule has 0 atom stereocenters. The van der Waals surface area contributed by atoms with Gasteiger partial charge in [-0.1, -0.05) is 146 Å². The molecule has 2 heteroatoms. The van der Waals surface area contributed by atoms with Gasteiger partial charge in [0.1, 0.15) is 0 Å². The van der Waals surface area contributed by atoms with Crippen molar-refractivity contribution in [1.29, 1.82) is 0 Å². The van der Waals surface area contributed by atoms with Crippen molar-refractivity contribution in [1.82, 2.24) is 4.98 Å². The molecule has 0 radical (unpaired) electrons. The van der Waals surface area contributed by atoms with E-state index < -0.39 is 0 Å². The standard InChI is InChI=1S/C51H32N2/c1-52-44-30-45-49(51-48-38-23-13-11-21-36(38)47(50(44)51)37-22-12-14-24-39(37)48)42-27-34(25-26-43(42)53-45)46-40(32-17-7-3-8-18-32)28-35(31-15-5-2-6-16-31)29-41(46)33-19-9-4-10-20-33/h2-30,47-48,53H. The molecule has 9 aromatic rings. The highest BCUT2D eigenvalue weighted by Crippen LogP contribution is 2.60. The van der Waals surface area contributed by atoms with Gasteiger partial charge in [0.25, 0.3) is 0 Å². The van der Waals surface area contributed by atoms with Crippen LogP contribution in [0.3, 0.4) is 0 Å². The molecule has 0 unspecified atom stereocenters. The van der Waals surface area contributed by atoms with Crippen LogP contribution in [0, 0.1) is 6.57 Å². The van der Waals surface area contributed by atoms with Crippen LogP contribution >= 0.6 is 0 Å². The van der Waals surface area contributed by atoms with Crippen LogP contribution in [0.15, 0.2) is 176 Å². The highest BCUT2D eigenvalue weighted by Gasteiger charge is 2.43. The van der Waals surface area contributed by atoms with Crippen molar-refractivity contribution in [2.75, 3.05) is 0 Å². The second-order valence-corrected chi connectivity index (χ2v) is 14.3. The Morgan fingerprint density at radius 1 is 0.415 bits per heavy atom. The zero-order valence-corrected chi connectivity index (χ0v) is 28.8. The molecule has 0 spiro atoms. The van der Waals surface area contributed by atoms with Crippen molar-refractivity contribution in [2.24, 2.45) is 0 Å². The minimum Gasteiger partial charge on any atom is -0.356 e. The molecule has 2 nitrogen and oxygen atoms in total. The predicted octanol–water partition coefficient (Wildman–Crippen LogP) is 13.5. The Morgan fingerprint density at radius 3 is 1.43 bits per heavy atom. The summed E-state index contributed by atoms with van der Waals surface area (Å²) in [5, 5.41) is 2.42. The Morgan fingerprint density at radius 2 is 0.906 bits per heavy atom. The molecule has 0 fully saturated rings. The molecule has 0 saturated carbocycles. The zero-order chi connectivity index (χ0) is 35.0. The maximum Gasteiger partial charge on any atom is 0.193 e. The van der Waals surface area contributed by atoms with E-state index in [4.69, 9.17) is 6.57 Å². The molecular formula is C51H32N2. The van der Waals surface area contributed by atoms with Crippen molar-refractivity contribution >= 4 is 27.5 Å². The third-order valence-electron chi connectivity index (χ3n) is 11.6. The number of rotatable bonds is 4. The van der Waals surface area contributed by atoms with Crippen LogP contribution in [-0.4, -0.2) is 4.98 Å². The monoisotopic (exact) mass is 672 g/mol. The van der Waals surface area contributed by atoms with Crippen LogP contribution in [0.1, 0.15) is 45.2 Å². The SMILES string of the molecule is [C-]#[N+]c1cc2[nH]c3ccc(-c4c(-c5ccccc5)cc(-c5ccccc5)cc4-c4ccccc4)cc3c2c2c1C1c3ccccc3C2c2ccccc21. The van der Waals surface area contributed by atoms with Crippen molar-refractivity contribution in [3.8, 4) is 44.5 Å². The van der Waals surface area contributed by atoms with E-state index in [0.29, 0.717) is 0 Å². The Balaban J connectivity index is 1.23. The summed E-state index contributed by atoms with van der Waals surface area (Å²) < 4.78 is 0. The predicted molar refractivity (Wildman–Crippen MR) is 219 cm³/mol. The first kappa shape index (κ1) is 29.7. The van der Waals surface area contributed by atoms with Crippen LogP contribution in [0.25, 0.3) is 71.2 Å². The lowest BCUT2D eigenvalue weighted by Crippen LogP contribution is -2.27. The van der Waals surface area contributed by atoms with Gasteiger partial charge in [-0.15, -0.1) is 0 Å². The lowest BCUT2D eigenvalue weighted by Gasteiger charge is -2.43. The summed E-state index contributed by atoms with van der Waals surface area (Å²) >= 11 is 0. The van der Waals surface area contributed by atoms with E-state index in [1.807, 2.05) is 0 Å². The molecule has 3 aliphatic rings. The minimum atomic E-state index is 0.0314. The first-order chi connectivity index (χ1) is 26.3. The van der Waals surface area contributed by atoms with Crippen molar-refractivity contribution in [2.45, 2.75) is 11.8 Å². The normalized spacial score (nSPS) is 15.2. The highest BCUT2D eigenvalue weighted by molar-refractivity contribution is 6.14. The molecule has 8 aromatic carbocycles. The average Bonchev–Trinajstić information content (AvgIpc) is 3.61. The van der Waals surface area contributed by atoms with Gasteiger partial charge in [0.2, 0.25) is 0 Å². The summed E-state index contributed by atoms with van der Waals surface area (Å²) in [5.41, 5.74) is 20.2. The van der Waals surface area contributed by atoms with Crippen LogP contribution in [-0.2, 0) is 0 Å². The number of nitrogens with one attached hydrogen (secondary N) is 1. The quantitative estimate of drug-likeness (QED) is 0.180. The third-order valence-corrected chi connectivity index (χ3v) is 11.6. The number of hydrogen-bond donors (Lipinski definition) is 1.